The highest BCUT2D eigenvalue weighted by Crippen LogP contribution is 2.49. The summed E-state index contributed by atoms with van der Waals surface area (Å²) in [7, 11) is 6.02. The molecule has 9 nitrogen and oxygen atoms in total. The Morgan fingerprint density at radius 2 is 1.36 bits per heavy atom. The number of aliphatic carboxylic acids is 1. The van der Waals surface area contributed by atoms with Crippen LogP contribution < -0.4 is 23.7 Å². The third kappa shape index (κ3) is 4.22. The SMILES string of the molecule is CCOc1cc2c(cc1OCC)[C@@H](C(=O)O)[C@H](c1cc(OC)c(OC)cc1OC)N(C)C2=O. The van der Waals surface area contributed by atoms with Crippen LogP contribution in [0.3, 0.4) is 0 Å². The van der Waals surface area contributed by atoms with Gasteiger partial charge >= 0.3 is 5.97 Å². The molecule has 0 unspecified atom stereocenters. The first kappa shape index (κ1) is 24.0. The van der Waals surface area contributed by atoms with Crippen LogP contribution in [0.4, 0.5) is 0 Å². The molecule has 0 saturated heterocycles. The van der Waals surface area contributed by atoms with E-state index in [-0.39, 0.29) is 11.5 Å². The lowest BCUT2D eigenvalue weighted by Gasteiger charge is -2.39. The molecule has 0 aromatic heterocycles. The number of likely N-dealkylation sites (N-methyl/N-ethyl adjacent to an activating group) is 1. The van der Waals surface area contributed by atoms with Crippen molar-refractivity contribution in [2.75, 3.05) is 41.6 Å². The zero-order valence-electron chi connectivity index (χ0n) is 19.6. The number of carboxylic acid groups (broad SMARTS) is 1. The standard InChI is InChI=1S/C24H29NO8/c1-7-32-19-9-13-14(10-20(19)33-8-2)23(26)25(3)22(21(13)24(27)28)15-11-17(30-5)18(31-6)12-16(15)29-4/h9-12,21-22H,7-8H2,1-6H3,(H,27,28)/t21-,22+/m1/s1. The van der Waals surface area contributed by atoms with Crippen molar-refractivity contribution < 1.29 is 38.4 Å². The number of amides is 1. The molecule has 0 aliphatic carbocycles. The molecule has 1 amide bonds. The Morgan fingerprint density at radius 3 is 1.88 bits per heavy atom. The van der Waals surface area contributed by atoms with Crippen LogP contribution >= 0.6 is 0 Å². The van der Waals surface area contributed by atoms with Crippen LogP contribution in [0.25, 0.3) is 0 Å². The lowest BCUT2D eigenvalue weighted by molar-refractivity contribution is -0.140. The van der Waals surface area contributed by atoms with Crippen LogP contribution in [0.5, 0.6) is 28.7 Å². The van der Waals surface area contributed by atoms with E-state index in [4.69, 9.17) is 23.7 Å². The largest absolute Gasteiger partial charge is 0.496 e. The van der Waals surface area contributed by atoms with Gasteiger partial charge in [0.2, 0.25) is 0 Å². The van der Waals surface area contributed by atoms with E-state index < -0.39 is 17.9 Å². The van der Waals surface area contributed by atoms with Gasteiger partial charge in [0.1, 0.15) is 11.7 Å². The maximum Gasteiger partial charge on any atom is 0.313 e. The van der Waals surface area contributed by atoms with Gasteiger partial charge in [-0.2, -0.15) is 0 Å². The number of carbonyl (C=O) groups is 2. The number of carbonyl (C=O) groups excluding carboxylic acids is 1. The van der Waals surface area contributed by atoms with E-state index in [1.807, 2.05) is 13.8 Å². The molecule has 0 radical (unpaired) electrons. The van der Waals surface area contributed by atoms with E-state index in [9.17, 15) is 14.7 Å². The molecular weight excluding hydrogens is 430 g/mol. The summed E-state index contributed by atoms with van der Waals surface area (Å²) >= 11 is 0. The van der Waals surface area contributed by atoms with Gasteiger partial charge in [-0.3, -0.25) is 9.59 Å². The van der Waals surface area contributed by atoms with Crippen LogP contribution in [-0.4, -0.2) is 63.5 Å². The molecule has 1 heterocycles. The van der Waals surface area contributed by atoms with E-state index in [1.54, 1.807) is 31.3 Å². The number of methoxy groups -OCH3 is 3. The molecule has 0 saturated carbocycles. The summed E-state index contributed by atoms with van der Waals surface area (Å²) in [6, 6.07) is 5.54. The second kappa shape index (κ2) is 9.89. The van der Waals surface area contributed by atoms with Gasteiger partial charge in [0.25, 0.3) is 5.91 Å². The highest BCUT2D eigenvalue weighted by molar-refractivity contribution is 6.01. The Morgan fingerprint density at radius 1 is 0.848 bits per heavy atom. The highest BCUT2D eigenvalue weighted by atomic mass is 16.5. The van der Waals surface area contributed by atoms with Gasteiger partial charge in [0, 0.05) is 24.2 Å². The van der Waals surface area contributed by atoms with Gasteiger partial charge in [0.05, 0.1) is 40.6 Å². The van der Waals surface area contributed by atoms with Gasteiger partial charge in [-0.25, -0.2) is 0 Å². The first-order valence-corrected chi connectivity index (χ1v) is 10.6. The van der Waals surface area contributed by atoms with Gasteiger partial charge in [-0.1, -0.05) is 0 Å². The molecule has 0 bridgehead atoms. The number of ether oxygens (including phenoxy) is 5. The molecule has 3 rings (SSSR count). The Labute approximate surface area is 192 Å². The first-order valence-electron chi connectivity index (χ1n) is 10.6. The van der Waals surface area contributed by atoms with Crippen LogP contribution in [0.15, 0.2) is 24.3 Å². The normalized spacial score (nSPS) is 17.3. The quantitative estimate of drug-likeness (QED) is 0.608. The number of nitrogens with zero attached hydrogens (tertiary/aromatic N) is 1. The molecule has 33 heavy (non-hydrogen) atoms. The lowest BCUT2D eigenvalue weighted by Crippen LogP contribution is -2.42. The zero-order chi connectivity index (χ0) is 24.3. The van der Waals surface area contributed by atoms with Crippen LogP contribution in [0, 0.1) is 0 Å². The molecule has 2 atom stereocenters. The molecule has 0 spiro atoms. The van der Waals surface area contributed by atoms with Gasteiger partial charge in [-0.05, 0) is 37.6 Å². The summed E-state index contributed by atoms with van der Waals surface area (Å²) in [5.74, 6) is -0.545. The van der Waals surface area contributed by atoms with Crippen molar-refractivity contribution in [1.82, 2.24) is 4.90 Å². The molecule has 2 aromatic rings. The molecule has 0 fully saturated rings. The van der Waals surface area contributed by atoms with Crippen molar-refractivity contribution in [1.29, 1.82) is 0 Å². The second-order valence-electron chi connectivity index (χ2n) is 7.38. The number of fused-ring (bicyclic) bond motifs is 1. The number of hydrogen-bond donors (Lipinski definition) is 1. The summed E-state index contributed by atoms with van der Waals surface area (Å²) < 4.78 is 27.6. The van der Waals surface area contributed by atoms with Crippen LogP contribution in [-0.2, 0) is 4.79 Å². The molecule has 1 aliphatic heterocycles. The average molecular weight is 459 g/mol. The topological polar surface area (TPSA) is 104 Å². The fourth-order valence-electron chi connectivity index (χ4n) is 4.21. The number of hydrogen-bond acceptors (Lipinski definition) is 7. The van der Waals surface area contributed by atoms with Gasteiger partial charge in [0.15, 0.2) is 23.0 Å². The Balaban J connectivity index is 2.28. The smallest absolute Gasteiger partial charge is 0.313 e. The van der Waals surface area contributed by atoms with E-state index in [1.165, 1.54) is 26.2 Å². The van der Waals surface area contributed by atoms with Crippen molar-refractivity contribution in [3.63, 3.8) is 0 Å². The summed E-state index contributed by atoms with van der Waals surface area (Å²) in [4.78, 5) is 27.4. The summed E-state index contributed by atoms with van der Waals surface area (Å²) in [6.45, 7) is 4.37. The highest BCUT2D eigenvalue weighted by Gasteiger charge is 2.45. The third-order valence-corrected chi connectivity index (χ3v) is 5.65. The Bertz CT molecular complexity index is 1050. The molecule has 1 N–H and O–H groups in total. The predicted octanol–water partition coefficient (Wildman–Crippen LogP) is 3.50. The first-order chi connectivity index (χ1) is 15.8. The van der Waals surface area contributed by atoms with Crippen molar-refractivity contribution in [2.24, 2.45) is 0 Å². The minimum atomic E-state index is -1.09. The lowest BCUT2D eigenvalue weighted by atomic mass is 9.79. The Kier molecular flexibility index (Phi) is 7.20. The molecular formula is C24H29NO8. The van der Waals surface area contributed by atoms with Crippen molar-refractivity contribution >= 4 is 11.9 Å². The minimum absolute atomic E-state index is 0.257. The fraction of sp³-hybridized carbons (Fsp3) is 0.417. The van der Waals surface area contributed by atoms with E-state index in [0.29, 0.717) is 53.1 Å². The molecule has 1 aliphatic rings. The predicted molar refractivity (Wildman–Crippen MR) is 120 cm³/mol. The van der Waals surface area contributed by atoms with Crippen molar-refractivity contribution in [3.8, 4) is 28.7 Å². The van der Waals surface area contributed by atoms with Crippen LogP contribution in [0.2, 0.25) is 0 Å². The molecule has 178 valence electrons. The minimum Gasteiger partial charge on any atom is -0.496 e. The summed E-state index contributed by atoms with van der Waals surface area (Å²) in [5.41, 5.74) is 1.09. The van der Waals surface area contributed by atoms with Gasteiger partial charge in [-0.15, -0.1) is 0 Å². The molecule has 2 aromatic carbocycles. The monoisotopic (exact) mass is 459 g/mol. The molecule has 9 heteroatoms. The third-order valence-electron chi connectivity index (χ3n) is 5.65. The van der Waals surface area contributed by atoms with Gasteiger partial charge < -0.3 is 33.7 Å². The number of rotatable bonds is 9. The average Bonchev–Trinajstić information content (AvgIpc) is 2.81. The van der Waals surface area contributed by atoms with E-state index in [2.05, 4.69) is 0 Å². The van der Waals surface area contributed by atoms with Crippen molar-refractivity contribution in [2.45, 2.75) is 25.8 Å². The van der Waals surface area contributed by atoms with E-state index in [0.717, 1.165) is 0 Å². The maximum absolute atomic E-state index is 13.4. The van der Waals surface area contributed by atoms with Crippen molar-refractivity contribution in [3.05, 3.63) is 41.0 Å². The number of benzene rings is 2. The summed E-state index contributed by atoms with van der Waals surface area (Å²) in [5, 5.41) is 10.3. The Hall–Kier alpha value is -3.62. The maximum atomic E-state index is 13.4. The number of carboxylic acids is 1. The van der Waals surface area contributed by atoms with E-state index >= 15 is 0 Å². The second-order valence-corrected chi connectivity index (χ2v) is 7.38. The van der Waals surface area contributed by atoms with Crippen LogP contribution in [0.1, 0.15) is 47.3 Å². The zero-order valence-corrected chi connectivity index (χ0v) is 19.6. The summed E-state index contributed by atoms with van der Waals surface area (Å²) in [6.07, 6.45) is 0. The fourth-order valence-corrected chi connectivity index (χ4v) is 4.21.